The van der Waals surface area contributed by atoms with Crippen LogP contribution in [0.4, 0.5) is 0 Å². The number of hydrogen-bond donors (Lipinski definition) is 0. The standard InChI is InChI=1S/C21H23N3O4/c1-14-18(22-13-27-14)19(25)23-11-9-21(10-12-23)20(26)24-16(7-8-17(24)28-21)15-5-3-2-4-6-15/h2-6,13,16-17H,7-12H2,1H3. The van der Waals surface area contributed by atoms with Crippen LogP contribution < -0.4 is 0 Å². The van der Waals surface area contributed by atoms with Gasteiger partial charge >= 0.3 is 0 Å². The van der Waals surface area contributed by atoms with Gasteiger partial charge in [0.05, 0.1) is 6.04 Å². The Bertz CT molecular complexity index is 901. The predicted octanol–water partition coefficient (Wildman–Crippen LogP) is 2.68. The van der Waals surface area contributed by atoms with Crippen molar-refractivity contribution in [2.75, 3.05) is 13.1 Å². The number of likely N-dealkylation sites (tertiary alicyclic amines) is 1. The summed E-state index contributed by atoms with van der Waals surface area (Å²) in [4.78, 5) is 33.7. The molecule has 0 bridgehead atoms. The summed E-state index contributed by atoms with van der Waals surface area (Å²) in [5, 5.41) is 0. The lowest BCUT2D eigenvalue weighted by molar-refractivity contribution is -0.142. The highest BCUT2D eigenvalue weighted by atomic mass is 16.6. The second-order valence-corrected chi connectivity index (χ2v) is 7.83. The summed E-state index contributed by atoms with van der Waals surface area (Å²) in [5.74, 6) is 0.451. The van der Waals surface area contributed by atoms with Crippen molar-refractivity contribution >= 4 is 11.8 Å². The largest absolute Gasteiger partial charge is 0.448 e. The van der Waals surface area contributed by atoms with Crippen LogP contribution in [0.25, 0.3) is 0 Å². The fourth-order valence-electron chi connectivity index (χ4n) is 4.78. The van der Waals surface area contributed by atoms with Crippen LogP contribution in [0.2, 0.25) is 0 Å². The predicted molar refractivity (Wildman–Crippen MR) is 99.2 cm³/mol. The highest BCUT2D eigenvalue weighted by Gasteiger charge is 2.58. The van der Waals surface area contributed by atoms with Gasteiger partial charge in [-0.25, -0.2) is 4.98 Å². The summed E-state index contributed by atoms with van der Waals surface area (Å²) >= 11 is 0. The molecule has 2 amide bonds. The minimum Gasteiger partial charge on any atom is -0.448 e. The number of rotatable bonds is 2. The second-order valence-electron chi connectivity index (χ2n) is 7.83. The van der Waals surface area contributed by atoms with Crippen LogP contribution in [0.15, 0.2) is 41.1 Å². The molecule has 3 fully saturated rings. The van der Waals surface area contributed by atoms with Crippen molar-refractivity contribution in [2.24, 2.45) is 0 Å². The summed E-state index contributed by atoms with van der Waals surface area (Å²) in [6, 6.07) is 10.2. The van der Waals surface area contributed by atoms with Crippen molar-refractivity contribution in [2.45, 2.75) is 50.5 Å². The summed E-state index contributed by atoms with van der Waals surface area (Å²) in [5.41, 5.74) is 0.709. The molecule has 1 aromatic carbocycles. The molecule has 2 aromatic rings. The van der Waals surface area contributed by atoms with E-state index in [2.05, 4.69) is 17.1 Å². The Hall–Kier alpha value is -2.67. The Morgan fingerprint density at radius 2 is 1.93 bits per heavy atom. The van der Waals surface area contributed by atoms with Crippen LogP contribution >= 0.6 is 0 Å². The molecule has 0 N–H and O–H groups in total. The number of benzene rings is 1. The lowest BCUT2D eigenvalue weighted by atomic mass is 9.89. The lowest BCUT2D eigenvalue weighted by Gasteiger charge is -2.37. The molecule has 2 atom stereocenters. The number of amides is 2. The Morgan fingerprint density at radius 1 is 1.18 bits per heavy atom. The lowest BCUT2D eigenvalue weighted by Crippen LogP contribution is -2.51. The Labute approximate surface area is 163 Å². The summed E-state index contributed by atoms with van der Waals surface area (Å²) in [6.07, 6.45) is 3.94. The molecule has 3 aliphatic heterocycles. The molecule has 5 rings (SSSR count). The number of carbonyl (C=O) groups is 2. The molecule has 0 aliphatic carbocycles. The molecule has 1 aromatic heterocycles. The summed E-state index contributed by atoms with van der Waals surface area (Å²) in [7, 11) is 0. The number of oxazole rings is 1. The number of carbonyl (C=O) groups excluding carboxylic acids is 2. The number of fused-ring (bicyclic) bond motifs is 1. The first kappa shape index (κ1) is 17.4. The smallest absolute Gasteiger partial charge is 0.276 e. The van der Waals surface area contributed by atoms with Crippen molar-refractivity contribution in [1.82, 2.24) is 14.8 Å². The van der Waals surface area contributed by atoms with E-state index in [9.17, 15) is 9.59 Å². The van der Waals surface area contributed by atoms with Gasteiger partial charge in [0.15, 0.2) is 17.7 Å². The molecule has 0 radical (unpaired) electrons. The molecular formula is C21H23N3O4. The number of nitrogens with zero attached hydrogens (tertiary/aromatic N) is 3. The van der Waals surface area contributed by atoms with Crippen LogP contribution in [0.3, 0.4) is 0 Å². The Balaban J connectivity index is 1.31. The van der Waals surface area contributed by atoms with E-state index in [0.29, 0.717) is 37.4 Å². The molecule has 7 nitrogen and oxygen atoms in total. The Kier molecular flexibility index (Phi) is 4.01. The molecule has 2 unspecified atom stereocenters. The van der Waals surface area contributed by atoms with E-state index in [1.54, 1.807) is 11.8 Å². The molecule has 7 heteroatoms. The van der Waals surface area contributed by atoms with Gasteiger partial charge in [0.25, 0.3) is 11.8 Å². The number of aromatic nitrogens is 1. The van der Waals surface area contributed by atoms with E-state index in [1.165, 1.54) is 6.39 Å². The van der Waals surface area contributed by atoms with Crippen molar-refractivity contribution in [1.29, 1.82) is 0 Å². The van der Waals surface area contributed by atoms with Crippen LogP contribution in [-0.2, 0) is 9.53 Å². The zero-order valence-electron chi connectivity index (χ0n) is 15.8. The second kappa shape index (κ2) is 6.44. The van der Waals surface area contributed by atoms with Crippen molar-refractivity contribution in [3.8, 4) is 0 Å². The van der Waals surface area contributed by atoms with E-state index < -0.39 is 5.60 Å². The molecule has 1 spiro atoms. The maximum Gasteiger partial charge on any atom is 0.276 e. The molecule has 4 heterocycles. The number of hydrogen-bond acceptors (Lipinski definition) is 5. The third-order valence-electron chi connectivity index (χ3n) is 6.31. The average molecular weight is 381 g/mol. The van der Waals surface area contributed by atoms with Gasteiger partial charge in [-0.15, -0.1) is 0 Å². The minimum atomic E-state index is -0.798. The quantitative estimate of drug-likeness (QED) is 0.799. The van der Waals surface area contributed by atoms with Crippen LogP contribution in [-0.4, -0.2) is 51.5 Å². The summed E-state index contributed by atoms with van der Waals surface area (Å²) < 4.78 is 11.5. The fourth-order valence-corrected chi connectivity index (χ4v) is 4.78. The molecule has 3 saturated heterocycles. The first-order valence-electron chi connectivity index (χ1n) is 9.84. The van der Waals surface area contributed by atoms with Gasteiger partial charge in [-0.2, -0.15) is 0 Å². The van der Waals surface area contributed by atoms with Gasteiger partial charge in [0, 0.05) is 25.9 Å². The summed E-state index contributed by atoms with van der Waals surface area (Å²) in [6.45, 7) is 2.69. The zero-order chi connectivity index (χ0) is 19.3. The van der Waals surface area contributed by atoms with Crippen molar-refractivity contribution in [3.63, 3.8) is 0 Å². The number of aryl methyl sites for hydroxylation is 1. The highest BCUT2D eigenvalue weighted by Crippen LogP contribution is 2.47. The van der Waals surface area contributed by atoms with E-state index in [0.717, 1.165) is 18.4 Å². The minimum absolute atomic E-state index is 0.0774. The SMILES string of the molecule is Cc1ocnc1C(=O)N1CCC2(CC1)OC1CCC(c3ccccc3)N1C2=O. The first-order chi connectivity index (χ1) is 13.6. The number of ether oxygens (including phenoxy) is 1. The van der Waals surface area contributed by atoms with E-state index in [1.807, 2.05) is 23.1 Å². The highest BCUT2D eigenvalue weighted by molar-refractivity contribution is 5.94. The molecule has 146 valence electrons. The first-order valence-corrected chi connectivity index (χ1v) is 9.84. The van der Waals surface area contributed by atoms with Gasteiger partial charge in [-0.05, 0) is 25.3 Å². The third-order valence-corrected chi connectivity index (χ3v) is 6.31. The van der Waals surface area contributed by atoms with Crippen LogP contribution in [0.5, 0.6) is 0 Å². The monoisotopic (exact) mass is 381 g/mol. The van der Waals surface area contributed by atoms with E-state index in [-0.39, 0.29) is 24.1 Å². The molecule has 3 aliphatic rings. The van der Waals surface area contributed by atoms with Crippen molar-refractivity contribution < 1.29 is 18.7 Å². The van der Waals surface area contributed by atoms with Crippen LogP contribution in [0.1, 0.15) is 53.5 Å². The van der Waals surface area contributed by atoms with E-state index >= 15 is 0 Å². The topological polar surface area (TPSA) is 75.9 Å². The van der Waals surface area contributed by atoms with Gasteiger partial charge in [-0.1, -0.05) is 30.3 Å². The maximum atomic E-state index is 13.4. The molecular weight excluding hydrogens is 358 g/mol. The molecule has 28 heavy (non-hydrogen) atoms. The van der Waals surface area contributed by atoms with E-state index in [4.69, 9.17) is 9.15 Å². The third kappa shape index (κ3) is 2.57. The Morgan fingerprint density at radius 3 is 2.61 bits per heavy atom. The molecule has 0 saturated carbocycles. The number of piperidine rings is 1. The average Bonchev–Trinajstić information content (AvgIpc) is 3.40. The van der Waals surface area contributed by atoms with Gasteiger partial charge < -0.3 is 19.0 Å². The normalized spacial score (nSPS) is 26.1. The van der Waals surface area contributed by atoms with Gasteiger partial charge in [0.1, 0.15) is 12.0 Å². The zero-order valence-corrected chi connectivity index (χ0v) is 15.8. The van der Waals surface area contributed by atoms with Gasteiger partial charge in [0.2, 0.25) is 0 Å². The fraction of sp³-hybridized carbons (Fsp3) is 0.476. The van der Waals surface area contributed by atoms with Gasteiger partial charge in [-0.3, -0.25) is 9.59 Å². The maximum absolute atomic E-state index is 13.4. The van der Waals surface area contributed by atoms with Crippen LogP contribution in [0, 0.1) is 6.92 Å². The van der Waals surface area contributed by atoms with Crippen molar-refractivity contribution in [3.05, 3.63) is 53.7 Å².